The number of carbonyl (C=O) groups excluding carboxylic acids is 1. The monoisotopic (exact) mass is 752 g/mol. The number of aliphatic hydroxyl groups is 1. The Kier molecular flexibility index (Phi) is 12.4. The van der Waals surface area contributed by atoms with Crippen LogP contribution < -0.4 is 10.0 Å². The summed E-state index contributed by atoms with van der Waals surface area (Å²) in [6.45, 7) is 1.79. The number of carbonyl (C=O) groups is 2. The highest BCUT2D eigenvalue weighted by atomic mass is 32.2. The quantitative estimate of drug-likeness (QED) is 0.0875. The Bertz CT molecular complexity index is 2110. The minimum atomic E-state index is -4.01. The first-order chi connectivity index (χ1) is 25.6. The van der Waals surface area contributed by atoms with Gasteiger partial charge in [0.25, 0.3) is 0 Å². The molecular formula is C41H40N2O8S2. The molecule has 4 atom stereocenters. The summed E-state index contributed by atoms with van der Waals surface area (Å²) >= 11 is 1.41. The Morgan fingerprint density at radius 2 is 1.47 bits per heavy atom. The molecule has 5 aromatic rings. The summed E-state index contributed by atoms with van der Waals surface area (Å²) in [5.74, 6) is -1.04. The number of rotatable bonds is 14. The van der Waals surface area contributed by atoms with Crippen molar-refractivity contribution in [3.63, 3.8) is 0 Å². The molecule has 12 heteroatoms. The van der Waals surface area contributed by atoms with Crippen LogP contribution in [0.3, 0.4) is 0 Å². The lowest BCUT2D eigenvalue weighted by Gasteiger charge is -2.36. The van der Waals surface area contributed by atoms with E-state index >= 15 is 0 Å². The molecule has 0 aliphatic carbocycles. The molecule has 53 heavy (non-hydrogen) atoms. The van der Waals surface area contributed by atoms with Gasteiger partial charge in [-0.05, 0) is 66.4 Å². The van der Waals surface area contributed by atoms with E-state index in [0.29, 0.717) is 28.3 Å². The second-order valence-corrected chi connectivity index (χ2v) is 15.5. The molecule has 6 rings (SSSR count). The normalized spacial score (nSPS) is 17.9. The standard InChI is InChI=1S/C41H40N2O8S2/c1-27-11-21-34(22-12-27)53(48,49)43-36(23-28-7-3-2-4-8-28)39(45)42-32-19-17-31(18-20-32)41-50-33(26-52-38-10-6-5-9-35(38)40(46)47)24-37(51-41)30-15-13-29(25-44)14-16-30/h2-22,33,36-37,41,43-44H,23-26H2,1H3,(H,42,45)(H,46,47)/t33-,36-,37+,41+/m1/s1. The zero-order chi connectivity index (χ0) is 37.4. The van der Waals surface area contributed by atoms with Gasteiger partial charge in [-0.3, -0.25) is 4.79 Å². The van der Waals surface area contributed by atoms with Crippen LogP contribution in [0.2, 0.25) is 0 Å². The van der Waals surface area contributed by atoms with Crippen molar-refractivity contribution < 1.29 is 37.7 Å². The smallest absolute Gasteiger partial charge is 0.336 e. The molecule has 1 amide bonds. The first-order valence-corrected chi connectivity index (χ1v) is 19.5. The minimum Gasteiger partial charge on any atom is -0.478 e. The van der Waals surface area contributed by atoms with Crippen LogP contribution in [-0.2, 0) is 37.3 Å². The summed E-state index contributed by atoms with van der Waals surface area (Å²) in [6.07, 6.45) is -0.767. The molecule has 0 bridgehead atoms. The number of anilines is 1. The highest BCUT2D eigenvalue weighted by Crippen LogP contribution is 2.40. The molecule has 0 saturated carbocycles. The summed E-state index contributed by atoms with van der Waals surface area (Å²) in [6, 6.07) is 35.9. The summed E-state index contributed by atoms with van der Waals surface area (Å²) in [7, 11) is -4.01. The Labute approximate surface area is 313 Å². The first-order valence-electron chi connectivity index (χ1n) is 17.1. The number of aliphatic hydroxyl groups excluding tert-OH is 1. The zero-order valence-corrected chi connectivity index (χ0v) is 30.6. The molecule has 0 radical (unpaired) electrons. The zero-order valence-electron chi connectivity index (χ0n) is 28.9. The lowest BCUT2D eigenvalue weighted by Crippen LogP contribution is -2.45. The third kappa shape index (κ3) is 9.99. The molecule has 0 unspecified atom stereocenters. The number of amides is 1. The number of hydrogen-bond donors (Lipinski definition) is 4. The van der Waals surface area contributed by atoms with Crippen molar-refractivity contribution >= 4 is 39.3 Å². The predicted octanol–water partition coefficient (Wildman–Crippen LogP) is 7.05. The maximum absolute atomic E-state index is 13.7. The van der Waals surface area contributed by atoms with E-state index in [1.807, 2.05) is 61.5 Å². The van der Waals surface area contributed by atoms with E-state index in [2.05, 4.69) is 10.0 Å². The van der Waals surface area contributed by atoms with Gasteiger partial charge >= 0.3 is 5.97 Å². The predicted molar refractivity (Wildman–Crippen MR) is 203 cm³/mol. The van der Waals surface area contributed by atoms with Crippen molar-refractivity contribution in [2.24, 2.45) is 0 Å². The van der Waals surface area contributed by atoms with Crippen molar-refractivity contribution in [1.82, 2.24) is 4.72 Å². The lowest BCUT2D eigenvalue weighted by molar-refractivity contribution is -0.245. The van der Waals surface area contributed by atoms with E-state index in [4.69, 9.17) is 9.47 Å². The molecular weight excluding hydrogens is 713 g/mol. The number of thioether (sulfide) groups is 1. The second kappa shape index (κ2) is 17.3. The minimum absolute atomic E-state index is 0.0660. The van der Waals surface area contributed by atoms with Gasteiger partial charge < -0.3 is 25.0 Å². The SMILES string of the molecule is Cc1ccc(S(=O)(=O)N[C@H](Cc2ccccc2)C(=O)Nc2ccc([C@H]3O[C@@H](CSc4ccccc4C(=O)O)C[C@@H](c4ccc(CO)cc4)O3)cc2)cc1. The van der Waals surface area contributed by atoms with Gasteiger partial charge in [0.2, 0.25) is 15.9 Å². The Morgan fingerprint density at radius 1 is 0.811 bits per heavy atom. The highest BCUT2D eigenvalue weighted by Gasteiger charge is 2.33. The summed E-state index contributed by atoms with van der Waals surface area (Å²) in [5.41, 5.74) is 4.78. The number of benzene rings is 5. The van der Waals surface area contributed by atoms with Crippen molar-refractivity contribution in [1.29, 1.82) is 0 Å². The van der Waals surface area contributed by atoms with Gasteiger partial charge in [0, 0.05) is 28.3 Å². The van der Waals surface area contributed by atoms with Crippen LogP contribution in [0.4, 0.5) is 5.69 Å². The van der Waals surface area contributed by atoms with Gasteiger partial charge in [-0.15, -0.1) is 11.8 Å². The van der Waals surface area contributed by atoms with Crippen LogP contribution in [0.25, 0.3) is 0 Å². The molecule has 1 saturated heterocycles. The van der Waals surface area contributed by atoms with Gasteiger partial charge in [0.05, 0.1) is 29.3 Å². The van der Waals surface area contributed by atoms with E-state index in [0.717, 1.165) is 22.3 Å². The number of aryl methyl sites for hydroxylation is 1. The molecule has 5 aromatic carbocycles. The van der Waals surface area contributed by atoms with E-state index in [9.17, 15) is 28.2 Å². The fraction of sp³-hybridized carbons (Fsp3) is 0.220. The molecule has 274 valence electrons. The highest BCUT2D eigenvalue weighted by molar-refractivity contribution is 7.99. The number of sulfonamides is 1. The number of hydrogen-bond acceptors (Lipinski definition) is 8. The molecule has 10 nitrogen and oxygen atoms in total. The van der Waals surface area contributed by atoms with Gasteiger partial charge in [-0.25, -0.2) is 13.2 Å². The lowest BCUT2D eigenvalue weighted by atomic mass is 10.0. The summed E-state index contributed by atoms with van der Waals surface area (Å²) < 4.78 is 42.1. The van der Waals surface area contributed by atoms with Gasteiger partial charge in [0.1, 0.15) is 6.04 Å². The molecule has 1 fully saturated rings. The number of nitrogens with one attached hydrogen (secondary N) is 2. The molecule has 4 N–H and O–H groups in total. The van der Waals surface area contributed by atoms with Crippen LogP contribution in [0.1, 0.15) is 57.0 Å². The topological polar surface area (TPSA) is 151 Å². The number of aromatic carboxylic acids is 1. The first kappa shape index (κ1) is 37.9. The van der Waals surface area contributed by atoms with Crippen LogP contribution in [0.15, 0.2) is 137 Å². The maximum Gasteiger partial charge on any atom is 0.336 e. The van der Waals surface area contributed by atoms with Gasteiger partial charge in [-0.1, -0.05) is 96.6 Å². The van der Waals surface area contributed by atoms with E-state index in [-0.39, 0.29) is 35.7 Å². The van der Waals surface area contributed by atoms with E-state index in [1.54, 1.807) is 60.7 Å². The molecule has 1 heterocycles. The average molecular weight is 753 g/mol. The van der Waals surface area contributed by atoms with E-state index in [1.165, 1.54) is 23.9 Å². The third-order valence-electron chi connectivity index (χ3n) is 8.84. The third-order valence-corrected chi connectivity index (χ3v) is 11.5. The van der Waals surface area contributed by atoms with Crippen LogP contribution in [0, 0.1) is 6.92 Å². The van der Waals surface area contributed by atoms with Gasteiger partial charge in [0.15, 0.2) is 6.29 Å². The fourth-order valence-corrected chi connectivity index (χ4v) is 8.20. The Morgan fingerprint density at radius 3 is 2.15 bits per heavy atom. The molecule has 0 spiro atoms. The van der Waals surface area contributed by atoms with Crippen LogP contribution >= 0.6 is 11.8 Å². The van der Waals surface area contributed by atoms with Crippen molar-refractivity contribution in [2.75, 3.05) is 11.1 Å². The number of carboxylic acid groups (broad SMARTS) is 1. The maximum atomic E-state index is 13.7. The van der Waals surface area contributed by atoms with Crippen LogP contribution in [0.5, 0.6) is 0 Å². The molecule has 1 aliphatic heterocycles. The number of carboxylic acids is 1. The van der Waals surface area contributed by atoms with Crippen molar-refractivity contribution in [2.45, 2.75) is 60.7 Å². The second-order valence-electron chi connectivity index (χ2n) is 12.8. The average Bonchev–Trinajstić information content (AvgIpc) is 3.17. The summed E-state index contributed by atoms with van der Waals surface area (Å²) in [4.78, 5) is 26.2. The van der Waals surface area contributed by atoms with Gasteiger partial charge in [-0.2, -0.15) is 4.72 Å². The Hall–Kier alpha value is -4.82. The van der Waals surface area contributed by atoms with Crippen molar-refractivity contribution in [3.05, 3.63) is 161 Å². The van der Waals surface area contributed by atoms with Crippen molar-refractivity contribution in [3.8, 4) is 0 Å². The summed E-state index contributed by atoms with van der Waals surface area (Å²) in [5, 5.41) is 22.1. The largest absolute Gasteiger partial charge is 0.478 e. The Balaban J connectivity index is 1.19. The number of ether oxygens (including phenoxy) is 2. The van der Waals surface area contributed by atoms with E-state index < -0.39 is 34.2 Å². The van der Waals surface area contributed by atoms with Crippen LogP contribution in [-0.4, -0.2) is 48.4 Å². The molecule has 0 aromatic heterocycles. The molecule has 1 aliphatic rings. The fourth-order valence-electron chi connectivity index (χ4n) is 5.94.